The van der Waals surface area contributed by atoms with Crippen molar-refractivity contribution < 1.29 is 5.21 Å². The molecule has 2 heteroatoms. The fourth-order valence-corrected chi connectivity index (χ4v) is 0.741. The van der Waals surface area contributed by atoms with Gasteiger partial charge in [0.1, 0.15) is 0 Å². The van der Waals surface area contributed by atoms with Gasteiger partial charge in [0.2, 0.25) is 0 Å². The standard InChI is InChI=1S/C8H8NO/c1-7-3-2-4-8(5-7)6-9-10/h2-3,5-6,10H,1H3. The molecular formula is C8H8NO. The van der Waals surface area contributed by atoms with E-state index in [0.29, 0.717) is 0 Å². The Balaban J connectivity index is 2.95. The van der Waals surface area contributed by atoms with E-state index in [1.807, 2.05) is 19.1 Å². The molecule has 51 valence electrons. The minimum absolute atomic E-state index is 0.794. The fraction of sp³-hybridized carbons (Fsp3) is 0.125. The van der Waals surface area contributed by atoms with Gasteiger partial charge in [-0.05, 0) is 19.1 Å². The number of benzene rings is 1. The largest absolute Gasteiger partial charge is 0.411 e. The SMILES string of the molecule is Cc1cc[c]c(C=NO)c1. The third-order valence-electron chi connectivity index (χ3n) is 1.18. The molecule has 0 saturated heterocycles. The van der Waals surface area contributed by atoms with Crippen LogP contribution in [0.15, 0.2) is 23.4 Å². The lowest BCUT2D eigenvalue weighted by atomic mass is 10.2. The summed E-state index contributed by atoms with van der Waals surface area (Å²) in [5.74, 6) is 0. The summed E-state index contributed by atoms with van der Waals surface area (Å²) < 4.78 is 0. The molecule has 0 saturated carbocycles. The molecule has 1 N–H and O–H groups in total. The number of hydrogen-bond acceptors (Lipinski definition) is 2. The molecule has 0 heterocycles. The van der Waals surface area contributed by atoms with E-state index in [1.165, 1.54) is 6.21 Å². The molecule has 0 aliphatic heterocycles. The molecule has 0 spiro atoms. The maximum Gasteiger partial charge on any atom is 0.0740 e. The van der Waals surface area contributed by atoms with Crippen LogP contribution in [0.5, 0.6) is 0 Å². The molecule has 1 aromatic rings. The highest BCUT2D eigenvalue weighted by atomic mass is 16.4. The van der Waals surface area contributed by atoms with E-state index < -0.39 is 0 Å². The molecule has 1 aromatic carbocycles. The van der Waals surface area contributed by atoms with Gasteiger partial charge in [-0.25, -0.2) is 0 Å². The topological polar surface area (TPSA) is 32.6 Å². The Morgan fingerprint density at radius 3 is 3.10 bits per heavy atom. The second-order valence-corrected chi connectivity index (χ2v) is 2.07. The lowest BCUT2D eigenvalue weighted by Crippen LogP contribution is -1.81. The van der Waals surface area contributed by atoms with Crippen molar-refractivity contribution in [3.05, 3.63) is 35.4 Å². The Morgan fingerprint density at radius 2 is 2.50 bits per heavy atom. The van der Waals surface area contributed by atoms with E-state index in [4.69, 9.17) is 5.21 Å². The van der Waals surface area contributed by atoms with Crippen LogP contribution < -0.4 is 0 Å². The van der Waals surface area contributed by atoms with Gasteiger partial charge in [0.05, 0.1) is 6.21 Å². The highest BCUT2D eigenvalue weighted by Crippen LogP contribution is 1.99. The van der Waals surface area contributed by atoms with Crippen molar-refractivity contribution in [1.82, 2.24) is 0 Å². The number of rotatable bonds is 1. The van der Waals surface area contributed by atoms with Gasteiger partial charge in [-0.1, -0.05) is 22.9 Å². The zero-order chi connectivity index (χ0) is 7.40. The Labute approximate surface area is 59.8 Å². The van der Waals surface area contributed by atoms with Crippen molar-refractivity contribution >= 4 is 6.21 Å². The van der Waals surface area contributed by atoms with Gasteiger partial charge >= 0.3 is 0 Å². The highest BCUT2D eigenvalue weighted by Gasteiger charge is 1.86. The summed E-state index contributed by atoms with van der Waals surface area (Å²) in [7, 11) is 0. The van der Waals surface area contributed by atoms with Gasteiger partial charge in [-0.15, -0.1) is 0 Å². The van der Waals surface area contributed by atoms with E-state index >= 15 is 0 Å². The lowest BCUT2D eigenvalue weighted by molar-refractivity contribution is 0.322. The zero-order valence-electron chi connectivity index (χ0n) is 5.70. The molecular weight excluding hydrogens is 126 g/mol. The van der Waals surface area contributed by atoms with E-state index in [9.17, 15) is 0 Å². The average molecular weight is 134 g/mol. The van der Waals surface area contributed by atoms with Gasteiger partial charge in [-0.2, -0.15) is 0 Å². The van der Waals surface area contributed by atoms with Gasteiger partial charge < -0.3 is 5.21 Å². The fourth-order valence-electron chi connectivity index (χ4n) is 0.741. The van der Waals surface area contributed by atoms with E-state index in [2.05, 4.69) is 11.2 Å². The minimum Gasteiger partial charge on any atom is -0.411 e. The van der Waals surface area contributed by atoms with Gasteiger partial charge in [0.25, 0.3) is 0 Å². The number of aryl methyl sites for hydroxylation is 1. The van der Waals surface area contributed by atoms with Crippen LogP contribution >= 0.6 is 0 Å². The highest BCUT2D eigenvalue weighted by molar-refractivity contribution is 5.78. The summed E-state index contributed by atoms with van der Waals surface area (Å²) in [6.07, 6.45) is 1.35. The molecule has 0 unspecified atom stereocenters. The van der Waals surface area contributed by atoms with Gasteiger partial charge in [0.15, 0.2) is 0 Å². The average Bonchev–Trinajstić information content (AvgIpc) is 1.88. The molecule has 0 aliphatic carbocycles. The predicted molar refractivity (Wildman–Crippen MR) is 39.4 cm³/mol. The normalized spacial score (nSPS) is 10.5. The van der Waals surface area contributed by atoms with Crippen LogP contribution in [-0.2, 0) is 0 Å². The van der Waals surface area contributed by atoms with Crippen molar-refractivity contribution in [2.24, 2.45) is 5.16 Å². The van der Waals surface area contributed by atoms with Crippen molar-refractivity contribution in [2.75, 3.05) is 0 Å². The molecule has 0 fully saturated rings. The van der Waals surface area contributed by atoms with Crippen molar-refractivity contribution in [2.45, 2.75) is 6.92 Å². The van der Waals surface area contributed by atoms with Crippen LogP contribution in [-0.4, -0.2) is 11.4 Å². The Morgan fingerprint density at radius 1 is 1.70 bits per heavy atom. The third kappa shape index (κ3) is 1.58. The summed E-state index contributed by atoms with van der Waals surface area (Å²) in [6, 6.07) is 8.53. The van der Waals surface area contributed by atoms with Crippen molar-refractivity contribution in [3.63, 3.8) is 0 Å². The first-order valence-corrected chi connectivity index (χ1v) is 2.98. The van der Waals surface area contributed by atoms with Crippen LogP contribution in [0.2, 0.25) is 0 Å². The predicted octanol–water partition coefficient (Wildman–Crippen LogP) is 1.60. The first-order valence-electron chi connectivity index (χ1n) is 2.98. The quantitative estimate of drug-likeness (QED) is 0.353. The van der Waals surface area contributed by atoms with Crippen LogP contribution in [0.4, 0.5) is 0 Å². The monoisotopic (exact) mass is 134 g/mol. The molecule has 0 bridgehead atoms. The summed E-state index contributed by atoms with van der Waals surface area (Å²) in [6.45, 7) is 1.97. The summed E-state index contributed by atoms with van der Waals surface area (Å²) in [4.78, 5) is 0. The van der Waals surface area contributed by atoms with E-state index in [-0.39, 0.29) is 0 Å². The van der Waals surface area contributed by atoms with Crippen molar-refractivity contribution in [1.29, 1.82) is 0 Å². The maximum absolute atomic E-state index is 8.16. The number of oxime groups is 1. The van der Waals surface area contributed by atoms with Gasteiger partial charge in [-0.3, -0.25) is 0 Å². The molecule has 0 aromatic heterocycles. The molecule has 10 heavy (non-hydrogen) atoms. The Hall–Kier alpha value is -1.31. The second kappa shape index (κ2) is 3.01. The van der Waals surface area contributed by atoms with E-state index in [0.717, 1.165) is 11.1 Å². The lowest BCUT2D eigenvalue weighted by Gasteiger charge is -1.91. The minimum atomic E-state index is 0.794. The number of hydrogen-bond donors (Lipinski definition) is 1. The van der Waals surface area contributed by atoms with E-state index in [1.54, 1.807) is 6.07 Å². The van der Waals surface area contributed by atoms with Crippen molar-refractivity contribution in [3.8, 4) is 0 Å². The van der Waals surface area contributed by atoms with Crippen LogP contribution in [0.3, 0.4) is 0 Å². The zero-order valence-corrected chi connectivity index (χ0v) is 5.70. The van der Waals surface area contributed by atoms with Crippen LogP contribution in [0.1, 0.15) is 11.1 Å². The third-order valence-corrected chi connectivity index (χ3v) is 1.18. The molecule has 0 aliphatic rings. The Kier molecular flexibility index (Phi) is 2.05. The maximum atomic E-state index is 8.16. The molecule has 1 rings (SSSR count). The molecule has 0 atom stereocenters. The first kappa shape index (κ1) is 6.81. The molecule has 0 amide bonds. The van der Waals surface area contributed by atoms with Crippen LogP contribution in [0.25, 0.3) is 0 Å². The molecule has 2 nitrogen and oxygen atoms in total. The second-order valence-electron chi connectivity index (χ2n) is 2.07. The van der Waals surface area contributed by atoms with Gasteiger partial charge in [0, 0.05) is 5.56 Å². The Bertz CT molecular complexity index is 243. The summed E-state index contributed by atoms with van der Waals surface area (Å²) >= 11 is 0. The first-order chi connectivity index (χ1) is 4.83. The van der Waals surface area contributed by atoms with Crippen LogP contribution in [0, 0.1) is 13.0 Å². The smallest absolute Gasteiger partial charge is 0.0740 e. The molecule has 1 radical (unpaired) electrons. The summed E-state index contributed by atoms with van der Waals surface area (Å²) in [5.41, 5.74) is 1.93. The summed E-state index contributed by atoms with van der Waals surface area (Å²) in [5, 5.41) is 11.1. The number of nitrogens with zero attached hydrogens (tertiary/aromatic N) is 1.